The van der Waals surface area contributed by atoms with Crippen LogP contribution in [0.4, 0.5) is 5.69 Å². The summed E-state index contributed by atoms with van der Waals surface area (Å²) in [5.74, 6) is 0. The molecule has 0 spiro atoms. The first kappa shape index (κ1) is 12.1. The summed E-state index contributed by atoms with van der Waals surface area (Å²) in [6.45, 7) is 0.501. The molecule has 2 unspecified atom stereocenters. The number of nitrogens with one attached hydrogen (secondary N) is 1. The molecule has 1 aromatic rings. The first-order valence-corrected chi connectivity index (χ1v) is 4.70. The Morgan fingerprint density at radius 3 is 2.53 bits per heavy atom. The number of hydrogen-bond donors (Lipinski definition) is 3. The van der Waals surface area contributed by atoms with Crippen LogP contribution >= 0.6 is 0 Å². The van der Waals surface area contributed by atoms with Gasteiger partial charge in [0.05, 0.1) is 6.61 Å². The molecule has 5 heteroatoms. The summed E-state index contributed by atoms with van der Waals surface area (Å²) in [4.78, 5) is 0. The van der Waals surface area contributed by atoms with E-state index in [0.717, 1.165) is 5.56 Å². The molecule has 5 nitrogen and oxygen atoms in total. The quantitative estimate of drug-likeness (QED) is 0.580. The normalized spacial score (nSPS) is 14.9. The van der Waals surface area contributed by atoms with Crippen LogP contribution in [-0.4, -0.2) is 25.0 Å². The van der Waals surface area contributed by atoms with Crippen molar-refractivity contribution in [3.05, 3.63) is 35.0 Å². The lowest BCUT2D eigenvalue weighted by Crippen LogP contribution is -2.99. The van der Waals surface area contributed by atoms with Crippen LogP contribution in [0.2, 0.25) is 0 Å². The van der Waals surface area contributed by atoms with Crippen LogP contribution in [0, 0.1) is 5.21 Å². The van der Waals surface area contributed by atoms with E-state index in [1.807, 2.05) is 0 Å². The molecule has 0 aliphatic carbocycles. The van der Waals surface area contributed by atoms with E-state index in [4.69, 9.17) is 15.7 Å². The van der Waals surface area contributed by atoms with E-state index in [2.05, 4.69) is 0 Å². The fourth-order valence-corrected chi connectivity index (χ4v) is 1.36. The Kier molecular flexibility index (Phi) is 4.67. The van der Waals surface area contributed by atoms with Crippen LogP contribution in [0.3, 0.4) is 0 Å². The number of hydrogen-bond acceptors (Lipinski definition) is 4. The number of nitrogens with two attached hydrogens (primary N) is 1. The molecule has 0 heterocycles. The van der Waals surface area contributed by atoms with Crippen LogP contribution in [-0.2, 0) is 11.2 Å². The van der Waals surface area contributed by atoms with Crippen molar-refractivity contribution in [2.45, 2.75) is 12.5 Å². The smallest absolute Gasteiger partial charge is 0.163 e. The second-order valence-electron chi connectivity index (χ2n) is 3.42. The van der Waals surface area contributed by atoms with Gasteiger partial charge in [-0.3, -0.25) is 0 Å². The summed E-state index contributed by atoms with van der Waals surface area (Å²) in [6.07, 6.45) is 0.688. The van der Waals surface area contributed by atoms with Crippen molar-refractivity contribution in [3.8, 4) is 0 Å². The lowest BCUT2D eigenvalue weighted by atomic mass is 10.1. The molecule has 1 aromatic carbocycles. The Balaban J connectivity index is 2.56. The first-order chi connectivity index (χ1) is 7.13. The van der Waals surface area contributed by atoms with Gasteiger partial charge in [0.25, 0.3) is 0 Å². The maximum absolute atomic E-state index is 10.6. The highest BCUT2D eigenvalue weighted by atomic mass is 16.8. The summed E-state index contributed by atoms with van der Waals surface area (Å²) >= 11 is 0. The van der Waals surface area contributed by atoms with Gasteiger partial charge in [0.2, 0.25) is 0 Å². The van der Waals surface area contributed by atoms with Crippen molar-refractivity contribution in [2.75, 3.05) is 13.7 Å². The molecule has 0 aliphatic heterocycles. The van der Waals surface area contributed by atoms with E-state index in [9.17, 15) is 5.21 Å². The van der Waals surface area contributed by atoms with Crippen molar-refractivity contribution >= 4 is 5.69 Å². The minimum Gasteiger partial charge on any atom is -0.595 e. The SMILES string of the molecule is COCC(N)Cc1ccc([NH+]([O-])O)cc1. The van der Waals surface area contributed by atoms with Crippen molar-refractivity contribution in [3.63, 3.8) is 0 Å². The fourth-order valence-electron chi connectivity index (χ4n) is 1.36. The third kappa shape index (κ3) is 3.94. The van der Waals surface area contributed by atoms with Crippen LogP contribution in [0.25, 0.3) is 0 Å². The molecule has 2 atom stereocenters. The third-order valence-electron chi connectivity index (χ3n) is 2.08. The highest BCUT2D eigenvalue weighted by Gasteiger charge is 2.04. The predicted octanol–water partition coefficient (Wildman–Crippen LogP) is -0.394. The molecule has 0 bridgehead atoms. The topological polar surface area (TPSA) is 83.0 Å². The van der Waals surface area contributed by atoms with Gasteiger partial charge >= 0.3 is 0 Å². The lowest BCUT2D eigenvalue weighted by molar-refractivity contribution is -0.991. The van der Waals surface area contributed by atoms with Crippen LogP contribution < -0.4 is 11.0 Å². The van der Waals surface area contributed by atoms with Crippen molar-refractivity contribution in [1.29, 1.82) is 0 Å². The molecule has 84 valence electrons. The zero-order valence-electron chi connectivity index (χ0n) is 8.64. The first-order valence-electron chi connectivity index (χ1n) is 4.70. The zero-order chi connectivity index (χ0) is 11.3. The van der Waals surface area contributed by atoms with E-state index in [1.165, 1.54) is 0 Å². The van der Waals surface area contributed by atoms with Gasteiger partial charge in [-0.05, 0) is 12.0 Å². The Morgan fingerprint density at radius 2 is 2.07 bits per heavy atom. The minimum absolute atomic E-state index is 0.0503. The second-order valence-corrected chi connectivity index (χ2v) is 3.42. The average molecular weight is 212 g/mol. The van der Waals surface area contributed by atoms with Gasteiger partial charge in [0.15, 0.2) is 5.69 Å². The predicted molar refractivity (Wildman–Crippen MR) is 55.8 cm³/mol. The van der Waals surface area contributed by atoms with Crippen molar-refractivity contribution in [1.82, 2.24) is 0 Å². The number of benzene rings is 1. The van der Waals surface area contributed by atoms with Gasteiger partial charge in [-0.25, -0.2) is 5.21 Å². The molecule has 0 saturated heterocycles. The van der Waals surface area contributed by atoms with Crippen LogP contribution in [0.5, 0.6) is 0 Å². The minimum atomic E-state index is -0.914. The molecule has 0 fully saturated rings. The molecule has 0 aromatic heterocycles. The Bertz CT molecular complexity index is 287. The van der Waals surface area contributed by atoms with E-state index in [1.54, 1.807) is 31.4 Å². The molecule has 4 N–H and O–H groups in total. The van der Waals surface area contributed by atoms with E-state index in [0.29, 0.717) is 18.7 Å². The van der Waals surface area contributed by atoms with Gasteiger partial charge in [-0.2, -0.15) is 5.23 Å². The van der Waals surface area contributed by atoms with Gasteiger partial charge in [0, 0.05) is 25.3 Å². The van der Waals surface area contributed by atoms with E-state index in [-0.39, 0.29) is 6.04 Å². The average Bonchev–Trinajstić information content (AvgIpc) is 2.18. The Morgan fingerprint density at radius 1 is 1.47 bits per heavy atom. The van der Waals surface area contributed by atoms with Crippen LogP contribution in [0.1, 0.15) is 5.56 Å². The molecule has 15 heavy (non-hydrogen) atoms. The van der Waals surface area contributed by atoms with Gasteiger partial charge in [-0.1, -0.05) is 12.1 Å². The molecule has 1 rings (SSSR count). The lowest BCUT2D eigenvalue weighted by Gasteiger charge is -2.13. The fraction of sp³-hybridized carbons (Fsp3) is 0.400. The third-order valence-corrected chi connectivity index (χ3v) is 2.08. The zero-order valence-corrected chi connectivity index (χ0v) is 8.64. The van der Waals surface area contributed by atoms with E-state index < -0.39 is 5.23 Å². The summed E-state index contributed by atoms with van der Waals surface area (Å²) in [5, 5.41) is 18.4. The van der Waals surface area contributed by atoms with Crippen LogP contribution in [0.15, 0.2) is 24.3 Å². The number of methoxy groups -OCH3 is 1. The van der Waals surface area contributed by atoms with Gasteiger partial charge < -0.3 is 15.7 Å². The number of rotatable bonds is 5. The molecule has 0 amide bonds. The second kappa shape index (κ2) is 5.79. The summed E-state index contributed by atoms with van der Waals surface area (Å²) in [6, 6.07) is 6.66. The number of quaternary nitrogens is 1. The highest BCUT2D eigenvalue weighted by Crippen LogP contribution is 2.07. The molecular formula is C10H16N2O3. The van der Waals surface area contributed by atoms with Gasteiger partial charge in [0.1, 0.15) is 0 Å². The molecular weight excluding hydrogens is 196 g/mol. The van der Waals surface area contributed by atoms with E-state index >= 15 is 0 Å². The highest BCUT2D eigenvalue weighted by molar-refractivity contribution is 5.32. The monoisotopic (exact) mass is 212 g/mol. The maximum atomic E-state index is 10.6. The Hall–Kier alpha value is -0.980. The maximum Gasteiger partial charge on any atom is 0.163 e. The molecule has 0 aliphatic rings. The largest absolute Gasteiger partial charge is 0.595 e. The summed E-state index contributed by atoms with van der Waals surface area (Å²) in [7, 11) is 1.60. The number of ether oxygens (including phenoxy) is 1. The summed E-state index contributed by atoms with van der Waals surface area (Å²) < 4.78 is 4.92. The summed E-state index contributed by atoms with van der Waals surface area (Å²) in [5.41, 5.74) is 7.08. The molecule has 0 saturated carbocycles. The Labute approximate surface area is 88.6 Å². The standard InChI is InChI=1S/C10H16N2O3/c1-15-7-9(11)6-8-2-4-10(5-3-8)12(13)14/h2-5,9,12-13H,6-7,11H2,1H3. The van der Waals surface area contributed by atoms with Crippen molar-refractivity contribution in [2.24, 2.45) is 5.73 Å². The van der Waals surface area contributed by atoms with Gasteiger partial charge in [-0.15, -0.1) is 0 Å². The van der Waals surface area contributed by atoms with Crippen molar-refractivity contribution < 1.29 is 15.2 Å². The molecule has 0 radical (unpaired) electrons.